The Kier molecular flexibility index (Phi) is 4.73. The first kappa shape index (κ1) is 14.8. The van der Waals surface area contributed by atoms with Gasteiger partial charge in [-0.1, -0.05) is 76.6 Å². The normalized spacial score (nSPS) is 16.7. The van der Waals surface area contributed by atoms with E-state index in [0.717, 1.165) is 31.6 Å². The first-order valence-corrected chi connectivity index (χ1v) is 8.41. The number of hydrogen-bond acceptors (Lipinski definition) is 2. The first-order chi connectivity index (χ1) is 10.3. The molecule has 0 N–H and O–H groups in total. The van der Waals surface area contributed by atoms with Gasteiger partial charge in [0.05, 0.1) is 18.8 Å². The standard InChI is InChI=1S/C18H20BrNO/c19-13-18(14-21-15-18)20(11-16-7-3-1-4-8-16)12-17-9-5-2-6-10-17/h1-10H,11-15H2. The van der Waals surface area contributed by atoms with E-state index in [1.165, 1.54) is 11.1 Å². The average molecular weight is 346 g/mol. The van der Waals surface area contributed by atoms with Crippen LogP contribution in [0.5, 0.6) is 0 Å². The van der Waals surface area contributed by atoms with E-state index in [9.17, 15) is 0 Å². The summed E-state index contributed by atoms with van der Waals surface area (Å²) in [5.74, 6) is 0. The summed E-state index contributed by atoms with van der Waals surface area (Å²) in [5.41, 5.74) is 2.81. The number of benzene rings is 2. The van der Waals surface area contributed by atoms with Crippen LogP contribution in [0.25, 0.3) is 0 Å². The predicted octanol–water partition coefficient (Wildman–Crippen LogP) is 3.85. The number of hydrogen-bond donors (Lipinski definition) is 0. The van der Waals surface area contributed by atoms with Crippen LogP contribution in [0.3, 0.4) is 0 Å². The van der Waals surface area contributed by atoms with E-state index in [-0.39, 0.29) is 5.54 Å². The molecule has 0 bridgehead atoms. The molecule has 110 valence electrons. The minimum absolute atomic E-state index is 0.117. The van der Waals surface area contributed by atoms with E-state index in [4.69, 9.17) is 4.74 Å². The molecule has 21 heavy (non-hydrogen) atoms. The van der Waals surface area contributed by atoms with Gasteiger partial charge in [-0.15, -0.1) is 0 Å². The highest BCUT2D eigenvalue weighted by atomic mass is 79.9. The second-order valence-corrected chi connectivity index (χ2v) is 6.24. The van der Waals surface area contributed by atoms with Gasteiger partial charge in [-0.3, -0.25) is 4.90 Å². The van der Waals surface area contributed by atoms with Crippen LogP contribution in [0.4, 0.5) is 0 Å². The summed E-state index contributed by atoms with van der Waals surface area (Å²) in [6, 6.07) is 21.3. The van der Waals surface area contributed by atoms with E-state index in [1.54, 1.807) is 0 Å². The molecule has 0 aromatic heterocycles. The van der Waals surface area contributed by atoms with Gasteiger partial charge in [0.25, 0.3) is 0 Å². The molecule has 2 aromatic rings. The average Bonchev–Trinajstić information content (AvgIpc) is 2.49. The molecule has 0 radical (unpaired) electrons. The Hall–Kier alpha value is -1.16. The Morgan fingerprint density at radius 1 is 0.857 bits per heavy atom. The van der Waals surface area contributed by atoms with Crippen LogP contribution in [-0.4, -0.2) is 29.0 Å². The molecule has 2 nitrogen and oxygen atoms in total. The van der Waals surface area contributed by atoms with Crippen molar-refractivity contribution in [2.24, 2.45) is 0 Å². The molecule has 0 amide bonds. The summed E-state index contributed by atoms with van der Waals surface area (Å²) >= 11 is 3.69. The number of halogens is 1. The zero-order valence-corrected chi connectivity index (χ0v) is 13.6. The molecule has 1 aliphatic rings. The van der Waals surface area contributed by atoms with E-state index in [2.05, 4.69) is 81.5 Å². The van der Waals surface area contributed by atoms with E-state index in [0.29, 0.717) is 0 Å². The van der Waals surface area contributed by atoms with Crippen molar-refractivity contribution in [1.82, 2.24) is 4.90 Å². The number of nitrogens with zero attached hydrogens (tertiary/aromatic N) is 1. The van der Waals surface area contributed by atoms with Gasteiger partial charge in [-0.05, 0) is 11.1 Å². The van der Waals surface area contributed by atoms with Crippen molar-refractivity contribution in [3.63, 3.8) is 0 Å². The fourth-order valence-electron chi connectivity index (χ4n) is 2.68. The van der Waals surface area contributed by atoms with Crippen LogP contribution in [0.1, 0.15) is 11.1 Å². The number of ether oxygens (including phenoxy) is 1. The largest absolute Gasteiger partial charge is 0.377 e. The van der Waals surface area contributed by atoms with Gasteiger partial charge in [0.15, 0.2) is 0 Å². The summed E-state index contributed by atoms with van der Waals surface area (Å²) in [7, 11) is 0. The quantitative estimate of drug-likeness (QED) is 0.737. The third-order valence-electron chi connectivity index (χ3n) is 4.09. The van der Waals surface area contributed by atoms with Gasteiger partial charge in [0, 0.05) is 18.4 Å². The van der Waals surface area contributed by atoms with E-state index in [1.807, 2.05) is 0 Å². The maximum absolute atomic E-state index is 5.51. The van der Waals surface area contributed by atoms with Gasteiger partial charge in [-0.25, -0.2) is 0 Å². The van der Waals surface area contributed by atoms with Gasteiger partial charge >= 0.3 is 0 Å². The fourth-order valence-corrected chi connectivity index (χ4v) is 3.36. The molecule has 0 atom stereocenters. The molecule has 1 heterocycles. The Labute approximate surface area is 134 Å². The lowest BCUT2D eigenvalue weighted by Gasteiger charge is -2.49. The summed E-state index contributed by atoms with van der Waals surface area (Å²) in [6.07, 6.45) is 0. The van der Waals surface area contributed by atoms with Crippen LogP contribution in [0.15, 0.2) is 60.7 Å². The van der Waals surface area contributed by atoms with Crippen molar-refractivity contribution in [2.45, 2.75) is 18.6 Å². The Morgan fingerprint density at radius 3 is 1.67 bits per heavy atom. The summed E-state index contributed by atoms with van der Waals surface area (Å²) in [4.78, 5) is 2.54. The molecular formula is C18H20BrNO. The van der Waals surface area contributed by atoms with Crippen LogP contribution in [-0.2, 0) is 17.8 Å². The third kappa shape index (κ3) is 3.37. The fraction of sp³-hybridized carbons (Fsp3) is 0.333. The topological polar surface area (TPSA) is 12.5 Å². The number of alkyl halides is 1. The molecule has 0 saturated carbocycles. The van der Waals surface area contributed by atoms with Gasteiger partial charge < -0.3 is 4.74 Å². The van der Waals surface area contributed by atoms with Crippen molar-refractivity contribution < 1.29 is 4.74 Å². The monoisotopic (exact) mass is 345 g/mol. The maximum atomic E-state index is 5.51. The van der Waals surface area contributed by atoms with E-state index >= 15 is 0 Å². The molecule has 3 rings (SSSR count). The predicted molar refractivity (Wildman–Crippen MR) is 89.5 cm³/mol. The van der Waals surface area contributed by atoms with Crippen molar-refractivity contribution in [3.8, 4) is 0 Å². The van der Waals surface area contributed by atoms with Crippen LogP contribution >= 0.6 is 15.9 Å². The second kappa shape index (κ2) is 6.73. The highest BCUT2D eigenvalue weighted by Gasteiger charge is 2.43. The van der Waals surface area contributed by atoms with Gasteiger partial charge in [-0.2, -0.15) is 0 Å². The Balaban J connectivity index is 1.81. The number of rotatable bonds is 6. The van der Waals surface area contributed by atoms with Crippen molar-refractivity contribution in [3.05, 3.63) is 71.8 Å². The van der Waals surface area contributed by atoms with E-state index < -0.39 is 0 Å². The molecular weight excluding hydrogens is 326 g/mol. The molecule has 0 unspecified atom stereocenters. The Bertz CT molecular complexity index is 507. The smallest absolute Gasteiger partial charge is 0.0782 e. The first-order valence-electron chi connectivity index (χ1n) is 7.29. The molecule has 2 aromatic carbocycles. The SMILES string of the molecule is BrCC1(N(Cc2ccccc2)Cc2ccccc2)COC1. The zero-order valence-electron chi connectivity index (χ0n) is 12.0. The Morgan fingerprint density at radius 2 is 1.33 bits per heavy atom. The van der Waals surface area contributed by atoms with Crippen LogP contribution in [0.2, 0.25) is 0 Å². The maximum Gasteiger partial charge on any atom is 0.0782 e. The summed E-state index contributed by atoms with van der Waals surface area (Å²) < 4.78 is 5.51. The van der Waals surface area contributed by atoms with Gasteiger partial charge in [0.1, 0.15) is 0 Å². The zero-order chi connectivity index (χ0) is 14.5. The minimum atomic E-state index is 0.117. The molecule has 1 saturated heterocycles. The van der Waals surface area contributed by atoms with Crippen LogP contribution < -0.4 is 0 Å². The lowest BCUT2D eigenvalue weighted by molar-refractivity contribution is -0.133. The highest BCUT2D eigenvalue weighted by Crippen LogP contribution is 2.30. The highest BCUT2D eigenvalue weighted by molar-refractivity contribution is 9.09. The van der Waals surface area contributed by atoms with Crippen molar-refractivity contribution >= 4 is 15.9 Å². The lowest BCUT2D eigenvalue weighted by Crippen LogP contribution is -2.62. The minimum Gasteiger partial charge on any atom is -0.377 e. The summed E-state index contributed by atoms with van der Waals surface area (Å²) in [5, 5.41) is 0.944. The molecule has 1 fully saturated rings. The van der Waals surface area contributed by atoms with Crippen molar-refractivity contribution in [2.75, 3.05) is 18.5 Å². The molecule has 0 spiro atoms. The summed E-state index contributed by atoms with van der Waals surface area (Å²) in [6.45, 7) is 3.51. The lowest BCUT2D eigenvalue weighted by atomic mass is 9.95. The van der Waals surface area contributed by atoms with Crippen LogP contribution in [0, 0.1) is 0 Å². The molecule has 3 heteroatoms. The molecule has 0 aliphatic carbocycles. The molecule has 1 aliphatic heterocycles. The third-order valence-corrected chi connectivity index (χ3v) is 5.14. The van der Waals surface area contributed by atoms with Gasteiger partial charge in [0.2, 0.25) is 0 Å². The van der Waals surface area contributed by atoms with Crippen molar-refractivity contribution in [1.29, 1.82) is 0 Å². The second-order valence-electron chi connectivity index (χ2n) is 5.68.